The highest BCUT2D eigenvalue weighted by Gasteiger charge is 2.26. The molecule has 0 aliphatic carbocycles. The van der Waals surface area contributed by atoms with Crippen molar-refractivity contribution in [3.05, 3.63) is 64.1 Å². The third-order valence-corrected chi connectivity index (χ3v) is 6.04. The van der Waals surface area contributed by atoms with Gasteiger partial charge in [0, 0.05) is 28.0 Å². The molecule has 4 nitrogen and oxygen atoms in total. The van der Waals surface area contributed by atoms with E-state index >= 15 is 0 Å². The van der Waals surface area contributed by atoms with Crippen molar-refractivity contribution in [2.24, 2.45) is 0 Å². The van der Waals surface area contributed by atoms with Gasteiger partial charge in [0.05, 0.1) is 5.75 Å². The molecule has 0 unspecified atom stereocenters. The Balaban J connectivity index is 2.14. The van der Waals surface area contributed by atoms with Gasteiger partial charge in [0.15, 0.2) is 0 Å². The summed E-state index contributed by atoms with van der Waals surface area (Å²) >= 11 is 13.7. The Bertz CT molecular complexity index is 818. The van der Waals surface area contributed by atoms with Crippen LogP contribution in [-0.2, 0) is 16.1 Å². The van der Waals surface area contributed by atoms with Crippen molar-refractivity contribution in [3.63, 3.8) is 0 Å². The molecule has 0 bridgehead atoms. The van der Waals surface area contributed by atoms with Crippen molar-refractivity contribution < 1.29 is 9.59 Å². The van der Waals surface area contributed by atoms with Crippen LogP contribution in [0, 0.1) is 0 Å². The summed E-state index contributed by atoms with van der Waals surface area (Å²) in [6.07, 6.45) is 1.89. The molecule has 2 aromatic rings. The number of hydrogen-bond acceptors (Lipinski definition) is 3. The lowest BCUT2D eigenvalue weighted by molar-refractivity contribution is -0.138. The molecule has 0 aliphatic heterocycles. The second kappa shape index (κ2) is 12.1. The molecule has 0 fully saturated rings. The van der Waals surface area contributed by atoms with Crippen molar-refractivity contribution in [2.45, 2.75) is 44.2 Å². The molecule has 0 saturated carbocycles. The number of carbonyl (C=O) groups excluding carboxylic acids is 2. The van der Waals surface area contributed by atoms with Gasteiger partial charge in [0.2, 0.25) is 11.8 Å². The summed E-state index contributed by atoms with van der Waals surface area (Å²) in [7, 11) is 0. The van der Waals surface area contributed by atoms with Crippen LogP contribution in [0.3, 0.4) is 0 Å². The van der Waals surface area contributed by atoms with Crippen molar-refractivity contribution >= 4 is 46.8 Å². The van der Waals surface area contributed by atoms with E-state index in [1.807, 2.05) is 30.3 Å². The average Bonchev–Trinajstić information content (AvgIpc) is 2.72. The fourth-order valence-electron chi connectivity index (χ4n) is 2.70. The Morgan fingerprint density at radius 2 is 1.86 bits per heavy atom. The molecule has 0 aliphatic rings. The van der Waals surface area contributed by atoms with Gasteiger partial charge in [-0.3, -0.25) is 9.59 Å². The van der Waals surface area contributed by atoms with Gasteiger partial charge in [-0.25, -0.2) is 0 Å². The van der Waals surface area contributed by atoms with E-state index in [2.05, 4.69) is 12.2 Å². The summed E-state index contributed by atoms with van der Waals surface area (Å²) in [5, 5.41) is 3.91. The Labute approximate surface area is 187 Å². The largest absolute Gasteiger partial charge is 0.354 e. The van der Waals surface area contributed by atoms with Crippen molar-refractivity contribution in [1.82, 2.24) is 10.2 Å². The predicted octanol–water partition coefficient (Wildman–Crippen LogP) is 5.42. The molecular weight excluding hydrogens is 427 g/mol. The summed E-state index contributed by atoms with van der Waals surface area (Å²) in [4.78, 5) is 28.2. The number of halogens is 2. The van der Waals surface area contributed by atoms with Gasteiger partial charge < -0.3 is 10.2 Å². The zero-order valence-corrected chi connectivity index (χ0v) is 19.0. The molecule has 0 spiro atoms. The number of rotatable bonds is 10. The molecule has 2 amide bonds. The zero-order valence-electron chi connectivity index (χ0n) is 16.7. The molecule has 0 radical (unpaired) electrons. The van der Waals surface area contributed by atoms with Crippen molar-refractivity contribution in [3.8, 4) is 0 Å². The number of thioether (sulfide) groups is 1. The molecule has 2 aromatic carbocycles. The Morgan fingerprint density at radius 3 is 2.52 bits per heavy atom. The van der Waals surface area contributed by atoms with Crippen molar-refractivity contribution in [1.29, 1.82) is 0 Å². The molecule has 0 saturated heterocycles. The number of carbonyl (C=O) groups is 2. The minimum absolute atomic E-state index is 0.122. The summed E-state index contributed by atoms with van der Waals surface area (Å²) < 4.78 is 0. The van der Waals surface area contributed by atoms with Gasteiger partial charge in [0.25, 0.3) is 0 Å². The lowest BCUT2D eigenvalue weighted by Gasteiger charge is -2.29. The highest BCUT2D eigenvalue weighted by atomic mass is 35.5. The smallest absolute Gasteiger partial charge is 0.242 e. The molecule has 156 valence electrons. The number of benzene rings is 2. The number of unbranched alkanes of at least 4 members (excludes halogenated alkanes) is 1. The molecule has 7 heteroatoms. The van der Waals surface area contributed by atoms with Crippen LogP contribution in [0.15, 0.2) is 53.4 Å². The molecule has 2 rings (SSSR count). The highest BCUT2D eigenvalue weighted by molar-refractivity contribution is 8.00. The fraction of sp³-hybridized carbons (Fsp3) is 0.364. The van der Waals surface area contributed by atoms with Crippen LogP contribution in [-0.4, -0.2) is 35.1 Å². The second-order valence-corrected chi connectivity index (χ2v) is 8.57. The van der Waals surface area contributed by atoms with E-state index < -0.39 is 6.04 Å². The summed E-state index contributed by atoms with van der Waals surface area (Å²) in [5.74, 6) is -0.0495. The molecule has 0 aromatic heterocycles. The Kier molecular flexibility index (Phi) is 9.85. The third kappa shape index (κ3) is 7.57. The first kappa shape index (κ1) is 23.6. The van der Waals surface area contributed by atoms with Gasteiger partial charge in [-0.1, -0.05) is 60.8 Å². The van der Waals surface area contributed by atoms with Crippen LogP contribution in [0.1, 0.15) is 32.3 Å². The first-order chi connectivity index (χ1) is 13.9. The van der Waals surface area contributed by atoms with E-state index in [0.717, 1.165) is 23.3 Å². The fourth-order valence-corrected chi connectivity index (χ4v) is 3.97. The topological polar surface area (TPSA) is 49.4 Å². The monoisotopic (exact) mass is 452 g/mol. The lowest BCUT2D eigenvalue weighted by Crippen LogP contribution is -2.48. The van der Waals surface area contributed by atoms with Gasteiger partial charge in [0.1, 0.15) is 6.04 Å². The van der Waals surface area contributed by atoms with E-state index in [9.17, 15) is 9.59 Å². The predicted molar refractivity (Wildman–Crippen MR) is 122 cm³/mol. The maximum Gasteiger partial charge on any atom is 0.242 e. The first-order valence-corrected chi connectivity index (χ1v) is 11.4. The first-order valence-electron chi connectivity index (χ1n) is 9.61. The highest BCUT2D eigenvalue weighted by Crippen LogP contribution is 2.24. The quantitative estimate of drug-likeness (QED) is 0.386. The maximum absolute atomic E-state index is 13.0. The van der Waals surface area contributed by atoms with Crippen LogP contribution >= 0.6 is 35.0 Å². The Hall–Kier alpha value is -1.69. The average molecular weight is 453 g/mol. The van der Waals surface area contributed by atoms with E-state index in [1.54, 1.807) is 30.0 Å². The van der Waals surface area contributed by atoms with E-state index in [1.165, 1.54) is 11.8 Å². The standard InChI is InChI=1S/C22H26Cl2N2O2S/c1-3-4-12-25-22(28)16(2)26(14-17-10-11-18(23)13-20(17)24)21(27)15-29-19-8-6-5-7-9-19/h5-11,13,16H,3-4,12,14-15H2,1-2H3,(H,25,28)/t16-/m1/s1. The SMILES string of the molecule is CCCCNC(=O)[C@@H](C)N(Cc1ccc(Cl)cc1Cl)C(=O)CSc1ccccc1. The third-order valence-electron chi connectivity index (χ3n) is 4.46. The zero-order chi connectivity index (χ0) is 21.2. The second-order valence-electron chi connectivity index (χ2n) is 6.68. The maximum atomic E-state index is 13.0. The molecule has 0 heterocycles. The molecule has 29 heavy (non-hydrogen) atoms. The minimum atomic E-state index is -0.609. The summed E-state index contributed by atoms with van der Waals surface area (Å²) in [6.45, 7) is 4.65. The van der Waals surface area contributed by atoms with Gasteiger partial charge in [-0.15, -0.1) is 11.8 Å². The van der Waals surface area contributed by atoms with Gasteiger partial charge in [-0.2, -0.15) is 0 Å². The number of nitrogens with one attached hydrogen (secondary N) is 1. The Morgan fingerprint density at radius 1 is 1.14 bits per heavy atom. The number of nitrogens with zero attached hydrogens (tertiary/aromatic N) is 1. The summed E-state index contributed by atoms with van der Waals surface area (Å²) in [5.41, 5.74) is 0.752. The van der Waals surface area contributed by atoms with Crippen molar-refractivity contribution in [2.75, 3.05) is 12.3 Å². The van der Waals surface area contributed by atoms with E-state index in [0.29, 0.717) is 16.6 Å². The lowest BCUT2D eigenvalue weighted by atomic mass is 10.1. The van der Waals surface area contributed by atoms with Crippen LogP contribution in [0.5, 0.6) is 0 Å². The van der Waals surface area contributed by atoms with Crippen LogP contribution < -0.4 is 5.32 Å². The van der Waals surface area contributed by atoms with Crippen LogP contribution in [0.2, 0.25) is 10.0 Å². The molecular formula is C22H26Cl2N2O2S. The van der Waals surface area contributed by atoms with Crippen LogP contribution in [0.25, 0.3) is 0 Å². The minimum Gasteiger partial charge on any atom is -0.354 e. The van der Waals surface area contributed by atoms with E-state index in [4.69, 9.17) is 23.2 Å². The van der Waals surface area contributed by atoms with E-state index in [-0.39, 0.29) is 24.1 Å². The van der Waals surface area contributed by atoms with Crippen LogP contribution in [0.4, 0.5) is 0 Å². The summed E-state index contributed by atoms with van der Waals surface area (Å²) in [6, 6.07) is 14.3. The van der Waals surface area contributed by atoms with Gasteiger partial charge >= 0.3 is 0 Å². The number of amides is 2. The van der Waals surface area contributed by atoms with Gasteiger partial charge in [-0.05, 0) is 43.2 Å². The molecule has 1 atom stereocenters. The normalized spacial score (nSPS) is 11.7. The number of hydrogen-bond donors (Lipinski definition) is 1. The molecule has 1 N–H and O–H groups in total.